The molecule has 0 unspecified atom stereocenters. The number of rotatable bonds is 0. The van der Waals surface area contributed by atoms with Crippen molar-refractivity contribution in [3.8, 4) is 0 Å². The SMILES string of the molecule is Cl.Cl.Cl.[C-]1=CC=CC1.[CH2-]C(C)C.[CH2-]C(C)C.[CH2-]C(C)C.[CH2-]C(C)C.[Ti]. The van der Waals surface area contributed by atoms with E-state index in [-0.39, 0.29) is 58.9 Å². The normalized spacial score (nSPS) is 9.28. The minimum atomic E-state index is 0. The molecular weight excluding hydrogens is 406 g/mol. The molecule has 25 heavy (non-hydrogen) atoms. The van der Waals surface area contributed by atoms with Crippen LogP contribution in [0.25, 0.3) is 0 Å². The molecule has 1 aliphatic carbocycles. The molecule has 0 bridgehead atoms. The Morgan fingerprint density at radius 3 is 0.880 bits per heavy atom. The molecule has 0 N–H and O–H groups in total. The van der Waals surface area contributed by atoms with Crippen LogP contribution in [0.3, 0.4) is 0 Å². The predicted octanol–water partition coefficient (Wildman–Crippen LogP) is 8.47. The summed E-state index contributed by atoms with van der Waals surface area (Å²) >= 11 is 0. The molecule has 0 fully saturated rings. The summed E-state index contributed by atoms with van der Waals surface area (Å²) in [6.07, 6.45) is 10.0. The van der Waals surface area contributed by atoms with Gasteiger partial charge < -0.3 is 27.7 Å². The Bertz CT molecular complexity index is 166. The van der Waals surface area contributed by atoms with Gasteiger partial charge in [-0.25, -0.2) is 12.2 Å². The van der Waals surface area contributed by atoms with Crippen molar-refractivity contribution in [3.63, 3.8) is 0 Å². The summed E-state index contributed by atoms with van der Waals surface area (Å²) in [5.41, 5.74) is 0. The maximum atomic E-state index is 3.64. The molecule has 0 amide bonds. The summed E-state index contributed by atoms with van der Waals surface area (Å²) in [7, 11) is 0. The van der Waals surface area contributed by atoms with Crippen LogP contribution in [-0.2, 0) is 21.7 Å². The quantitative estimate of drug-likeness (QED) is 0.256. The van der Waals surface area contributed by atoms with E-state index < -0.39 is 0 Å². The number of hydrogen-bond acceptors (Lipinski definition) is 0. The van der Waals surface area contributed by atoms with Crippen LogP contribution < -0.4 is 0 Å². The summed E-state index contributed by atoms with van der Waals surface area (Å²) in [6.45, 7) is 31.0. The van der Waals surface area contributed by atoms with E-state index in [1.807, 2.05) is 12.2 Å². The largest absolute Gasteiger partial charge is 0.341 e. The van der Waals surface area contributed by atoms with Crippen LogP contribution in [-0.4, -0.2) is 0 Å². The van der Waals surface area contributed by atoms with Crippen LogP contribution in [0.15, 0.2) is 18.2 Å². The Kier molecular flexibility index (Phi) is 89.3. The molecule has 1 aliphatic rings. The minimum Gasteiger partial charge on any atom is -0.341 e. The minimum absolute atomic E-state index is 0. The molecule has 0 radical (unpaired) electrons. The van der Waals surface area contributed by atoms with Crippen molar-refractivity contribution < 1.29 is 21.7 Å². The molecule has 158 valence electrons. The smallest absolute Gasteiger partial charge is 0 e. The fourth-order valence-electron chi connectivity index (χ4n) is 0.340. The Morgan fingerprint density at radius 2 is 0.840 bits per heavy atom. The van der Waals surface area contributed by atoms with Crippen LogP contribution in [0.2, 0.25) is 0 Å². The fourth-order valence-corrected chi connectivity index (χ4v) is 0.340. The maximum absolute atomic E-state index is 3.64. The second-order valence-corrected chi connectivity index (χ2v) is 6.58. The standard InChI is InChI=1S/C5H5.4C4H9.3ClH.Ti/c1-2-4-5-3-1;4*1-4(2)3;;;;/h1-3H,4H2;4*4H,1H2,2-3H3;3*1H;/q5*-1;;;;. The number of halogens is 3. The van der Waals surface area contributed by atoms with Crippen molar-refractivity contribution in [2.24, 2.45) is 23.7 Å². The van der Waals surface area contributed by atoms with Gasteiger partial charge in [0.2, 0.25) is 0 Å². The van der Waals surface area contributed by atoms with Gasteiger partial charge in [-0.2, -0.15) is 29.7 Å². The first kappa shape index (κ1) is 50.2. The van der Waals surface area contributed by atoms with Gasteiger partial charge in [0.15, 0.2) is 0 Å². The molecule has 4 heteroatoms. The summed E-state index contributed by atoms with van der Waals surface area (Å²) in [6, 6.07) is 0. The Hall–Kier alpha value is 1.06. The molecule has 0 heterocycles. The van der Waals surface area contributed by atoms with Crippen molar-refractivity contribution in [3.05, 3.63) is 52.0 Å². The molecular formula is C21H44Cl3Ti-5. The van der Waals surface area contributed by atoms with Crippen molar-refractivity contribution in [2.45, 2.75) is 61.8 Å². The van der Waals surface area contributed by atoms with Gasteiger partial charge in [0.05, 0.1) is 0 Å². The monoisotopic (exact) mass is 449 g/mol. The first-order valence-electron chi connectivity index (χ1n) is 7.97. The summed E-state index contributed by atoms with van der Waals surface area (Å²) < 4.78 is 0. The Labute approximate surface area is 195 Å². The van der Waals surface area contributed by atoms with E-state index in [1.54, 1.807) is 0 Å². The van der Waals surface area contributed by atoms with Crippen LogP contribution in [0.4, 0.5) is 0 Å². The molecule has 0 nitrogen and oxygen atoms in total. The zero-order valence-corrected chi connectivity index (χ0v) is 21.8. The fraction of sp³-hybridized carbons (Fsp3) is 0.619. The second kappa shape index (κ2) is 44.5. The van der Waals surface area contributed by atoms with Crippen molar-refractivity contribution in [1.82, 2.24) is 0 Å². The van der Waals surface area contributed by atoms with E-state index >= 15 is 0 Å². The molecule has 1 rings (SSSR count). The molecule has 0 aromatic heterocycles. The van der Waals surface area contributed by atoms with Crippen LogP contribution >= 0.6 is 37.2 Å². The van der Waals surface area contributed by atoms with E-state index in [9.17, 15) is 0 Å². The molecule has 0 saturated carbocycles. The van der Waals surface area contributed by atoms with Crippen LogP contribution in [0.1, 0.15) is 61.8 Å². The predicted molar refractivity (Wildman–Crippen MR) is 124 cm³/mol. The third-order valence-electron chi connectivity index (χ3n) is 0.586. The third kappa shape index (κ3) is 363. The van der Waals surface area contributed by atoms with E-state index in [4.69, 9.17) is 0 Å². The zero-order valence-electron chi connectivity index (χ0n) is 17.8. The van der Waals surface area contributed by atoms with E-state index in [0.717, 1.165) is 6.42 Å². The van der Waals surface area contributed by atoms with Crippen molar-refractivity contribution in [2.75, 3.05) is 0 Å². The van der Waals surface area contributed by atoms with Crippen molar-refractivity contribution in [1.29, 1.82) is 0 Å². The number of allylic oxidation sites excluding steroid dienone is 4. The van der Waals surface area contributed by atoms with Gasteiger partial charge in [-0.1, -0.05) is 55.4 Å². The van der Waals surface area contributed by atoms with Crippen LogP contribution in [0, 0.1) is 57.4 Å². The van der Waals surface area contributed by atoms with Gasteiger partial charge in [-0.05, 0) is 0 Å². The van der Waals surface area contributed by atoms with Crippen molar-refractivity contribution >= 4 is 37.2 Å². The third-order valence-corrected chi connectivity index (χ3v) is 0.586. The molecule has 0 spiro atoms. The van der Waals surface area contributed by atoms with Gasteiger partial charge in [-0.15, -0.1) is 43.6 Å². The average Bonchev–Trinajstić information content (AvgIpc) is 2.68. The van der Waals surface area contributed by atoms with Gasteiger partial charge in [0.1, 0.15) is 0 Å². The second-order valence-electron chi connectivity index (χ2n) is 6.58. The van der Waals surface area contributed by atoms with E-state index in [1.165, 1.54) is 0 Å². The molecule has 0 atom stereocenters. The van der Waals surface area contributed by atoms with Gasteiger partial charge in [0.25, 0.3) is 0 Å². The van der Waals surface area contributed by atoms with E-state index in [2.05, 4.69) is 95.2 Å². The Morgan fingerprint density at radius 1 is 0.640 bits per heavy atom. The van der Waals surface area contributed by atoms with Gasteiger partial charge in [0, 0.05) is 21.7 Å². The topological polar surface area (TPSA) is 0 Å². The average molecular weight is 451 g/mol. The molecule has 0 aromatic carbocycles. The maximum Gasteiger partial charge on any atom is 0 e. The van der Waals surface area contributed by atoms with Gasteiger partial charge >= 0.3 is 0 Å². The van der Waals surface area contributed by atoms with E-state index in [0.29, 0.717) is 23.7 Å². The Balaban J connectivity index is -0.0000000233. The van der Waals surface area contributed by atoms with Crippen LogP contribution in [0.5, 0.6) is 0 Å². The summed E-state index contributed by atoms with van der Waals surface area (Å²) in [5, 5.41) is 0. The molecule has 0 aromatic rings. The van der Waals surface area contributed by atoms with Gasteiger partial charge in [-0.3, -0.25) is 6.08 Å². The summed E-state index contributed by atoms with van der Waals surface area (Å²) in [5.74, 6) is 2.33. The first-order chi connectivity index (χ1) is 9.43. The zero-order chi connectivity index (χ0) is 17.8. The summed E-state index contributed by atoms with van der Waals surface area (Å²) in [4.78, 5) is 0. The number of hydrogen-bond donors (Lipinski definition) is 0. The molecule has 0 aliphatic heterocycles. The first-order valence-corrected chi connectivity index (χ1v) is 7.97. The molecule has 0 saturated heterocycles.